The lowest BCUT2D eigenvalue weighted by Crippen LogP contribution is -1.92. The molecule has 4 nitrogen and oxygen atoms in total. The van der Waals surface area contributed by atoms with Crippen LogP contribution < -0.4 is 0 Å². The van der Waals surface area contributed by atoms with Crippen LogP contribution in [0.5, 0.6) is 0 Å². The first-order valence-corrected chi connectivity index (χ1v) is 4.57. The number of benzene rings is 1. The maximum atomic E-state index is 5.20. The molecule has 72 valence electrons. The Morgan fingerprint density at radius 2 is 1.73 bits per heavy atom. The molecule has 4 heteroatoms. The fourth-order valence-corrected chi connectivity index (χ4v) is 1.39. The monoisotopic (exact) mass is 197 g/mol. The third-order valence-corrected chi connectivity index (χ3v) is 2.10. The van der Waals surface area contributed by atoms with Crippen molar-refractivity contribution in [3.63, 3.8) is 0 Å². The molecule has 0 aliphatic rings. The lowest BCUT2D eigenvalue weighted by atomic mass is 10.3. The van der Waals surface area contributed by atoms with Crippen molar-refractivity contribution >= 4 is 11.0 Å². The molecule has 0 bridgehead atoms. The molecule has 3 rings (SSSR count). The minimum Gasteiger partial charge on any atom is -0.461 e. The van der Waals surface area contributed by atoms with E-state index in [0.29, 0.717) is 11.6 Å². The summed E-state index contributed by atoms with van der Waals surface area (Å²) in [6.45, 7) is 0. The molecule has 0 aliphatic heterocycles. The number of aromatic nitrogens is 3. The lowest BCUT2D eigenvalue weighted by Gasteiger charge is -1.96. The Kier molecular flexibility index (Phi) is 1.71. The molecule has 0 spiro atoms. The van der Waals surface area contributed by atoms with Gasteiger partial charge < -0.3 is 4.42 Å². The number of hydrogen-bond acceptors (Lipinski definition) is 4. The number of rotatable bonds is 1. The molecule has 0 fully saturated rings. The van der Waals surface area contributed by atoms with Gasteiger partial charge in [0.1, 0.15) is 5.52 Å². The molecular weight excluding hydrogens is 190 g/mol. The fourth-order valence-electron chi connectivity index (χ4n) is 1.39. The Hall–Kier alpha value is -2.23. The highest BCUT2D eigenvalue weighted by molar-refractivity contribution is 5.74. The third-order valence-electron chi connectivity index (χ3n) is 2.10. The van der Waals surface area contributed by atoms with Gasteiger partial charge in [-0.15, -0.1) is 10.2 Å². The van der Waals surface area contributed by atoms with E-state index in [1.54, 1.807) is 12.3 Å². The van der Waals surface area contributed by atoms with Crippen LogP contribution in [0, 0.1) is 0 Å². The molecule has 15 heavy (non-hydrogen) atoms. The maximum Gasteiger partial charge on any atom is 0.218 e. The lowest BCUT2D eigenvalue weighted by molar-refractivity contribution is 0.576. The third kappa shape index (κ3) is 1.36. The van der Waals surface area contributed by atoms with E-state index < -0.39 is 0 Å². The molecule has 1 aromatic carbocycles. The standard InChI is InChI=1S/C11H7N3O/c1-2-5-9-8(4-1)12-11(14-13-9)10-6-3-7-15-10/h1-7H. The van der Waals surface area contributed by atoms with E-state index in [2.05, 4.69) is 15.2 Å². The van der Waals surface area contributed by atoms with E-state index in [9.17, 15) is 0 Å². The van der Waals surface area contributed by atoms with Crippen molar-refractivity contribution in [1.82, 2.24) is 15.2 Å². The number of para-hydroxylation sites is 1. The number of hydrogen-bond donors (Lipinski definition) is 0. The molecule has 0 unspecified atom stereocenters. The largest absolute Gasteiger partial charge is 0.461 e. The quantitative estimate of drug-likeness (QED) is 0.600. The van der Waals surface area contributed by atoms with Crippen molar-refractivity contribution in [3.05, 3.63) is 42.7 Å². The molecule has 0 saturated carbocycles. The van der Waals surface area contributed by atoms with Gasteiger partial charge >= 0.3 is 0 Å². The van der Waals surface area contributed by atoms with Gasteiger partial charge in [-0.05, 0) is 24.3 Å². The molecule has 0 N–H and O–H groups in total. The van der Waals surface area contributed by atoms with Crippen molar-refractivity contribution in [2.24, 2.45) is 0 Å². The molecule has 0 radical (unpaired) electrons. The summed E-state index contributed by atoms with van der Waals surface area (Å²) in [4.78, 5) is 4.35. The van der Waals surface area contributed by atoms with Gasteiger partial charge in [0, 0.05) is 0 Å². The van der Waals surface area contributed by atoms with E-state index in [1.165, 1.54) is 0 Å². The Labute approximate surface area is 85.6 Å². The van der Waals surface area contributed by atoms with Gasteiger partial charge in [0.25, 0.3) is 0 Å². The first-order chi connectivity index (χ1) is 7.43. The van der Waals surface area contributed by atoms with Crippen LogP contribution in [-0.4, -0.2) is 15.2 Å². The van der Waals surface area contributed by atoms with Crippen molar-refractivity contribution in [2.75, 3.05) is 0 Å². The predicted octanol–water partition coefficient (Wildman–Crippen LogP) is 2.28. The van der Waals surface area contributed by atoms with Gasteiger partial charge in [-0.25, -0.2) is 4.98 Å². The molecule has 0 amide bonds. The van der Waals surface area contributed by atoms with Crippen LogP contribution in [0.4, 0.5) is 0 Å². The topological polar surface area (TPSA) is 51.8 Å². The molecule has 3 aromatic rings. The first kappa shape index (κ1) is 8.11. The van der Waals surface area contributed by atoms with Gasteiger partial charge in [0.05, 0.1) is 11.8 Å². The molecule has 0 atom stereocenters. The van der Waals surface area contributed by atoms with E-state index >= 15 is 0 Å². The smallest absolute Gasteiger partial charge is 0.218 e. The molecule has 0 aliphatic carbocycles. The van der Waals surface area contributed by atoms with Crippen molar-refractivity contribution in [3.8, 4) is 11.6 Å². The highest BCUT2D eigenvalue weighted by Crippen LogP contribution is 2.16. The molecule has 2 heterocycles. The Bertz CT molecular complexity index is 590. The number of furan rings is 1. The summed E-state index contributed by atoms with van der Waals surface area (Å²) in [5, 5.41) is 8.06. The van der Waals surface area contributed by atoms with E-state index in [0.717, 1.165) is 11.0 Å². The Balaban J connectivity index is 2.22. The number of fused-ring (bicyclic) bond motifs is 1. The second-order valence-corrected chi connectivity index (χ2v) is 3.10. The van der Waals surface area contributed by atoms with Crippen LogP contribution in [-0.2, 0) is 0 Å². The zero-order chi connectivity index (χ0) is 10.1. The van der Waals surface area contributed by atoms with Crippen LogP contribution in [0.15, 0.2) is 47.1 Å². The van der Waals surface area contributed by atoms with Crippen LogP contribution in [0.25, 0.3) is 22.6 Å². The predicted molar refractivity (Wildman–Crippen MR) is 55.0 cm³/mol. The fraction of sp³-hybridized carbons (Fsp3) is 0. The summed E-state index contributed by atoms with van der Waals surface area (Å²) in [5.74, 6) is 1.15. The second kappa shape index (κ2) is 3.16. The van der Waals surface area contributed by atoms with Gasteiger partial charge in [-0.1, -0.05) is 12.1 Å². The summed E-state index contributed by atoms with van der Waals surface area (Å²) in [6, 6.07) is 11.2. The summed E-state index contributed by atoms with van der Waals surface area (Å²) in [7, 11) is 0. The van der Waals surface area contributed by atoms with Gasteiger partial charge in [0.2, 0.25) is 5.82 Å². The normalized spacial score (nSPS) is 10.7. The SMILES string of the molecule is c1coc(-c2nnc3ccccc3n2)c1. The molecule has 2 aromatic heterocycles. The highest BCUT2D eigenvalue weighted by atomic mass is 16.3. The summed E-state index contributed by atoms with van der Waals surface area (Å²) < 4.78 is 5.20. The first-order valence-electron chi connectivity index (χ1n) is 4.57. The van der Waals surface area contributed by atoms with Gasteiger partial charge in [0.15, 0.2) is 5.76 Å². The van der Waals surface area contributed by atoms with E-state index in [1.807, 2.05) is 30.3 Å². The average molecular weight is 197 g/mol. The molecule has 0 saturated heterocycles. The summed E-state index contributed by atoms with van der Waals surface area (Å²) >= 11 is 0. The van der Waals surface area contributed by atoms with Crippen LogP contribution in [0.3, 0.4) is 0 Å². The number of nitrogens with zero attached hydrogens (tertiary/aromatic N) is 3. The highest BCUT2D eigenvalue weighted by Gasteiger charge is 2.05. The van der Waals surface area contributed by atoms with Gasteiger partial charge in [-0.2, -0.15) is 0 Å². The summed E-state index contributed by atoms with van der Waals surface area (Å²) in [6.07, 6.45) is 1.59. The molecular formula is C11H7N3O. The van der Waals surface area contributed by atoms with Crippen molar-refractivity contribution < 1.29 is 4.42 Å². The van der Waals surface area contributed by atoms with E-state index in [-0.39, 0.29) is 0 Å². The summed E-state index contributed by atoms with van der Waals surface area (Å²) in [5.41, 5.74) is 1.60. The van der Waals surface area contributed by atoms with Crippen molar-refractivity contribution in [1.29, 1.82) is 0 Å². The minimum atomic E-state index is 0.513. The Morgan fingerprint density at radius 3 is 2.53 bits per heavy atom. The van der Waals surface area contributed by atoms with Crippen LogP contribution >= 0.6 is 0 Å². The zero-order valence-corrected chi connectivity index (χ0v) is 7.79. The minimum absolute atomic E-state index is 0.513. The maximum absolute atomic E-state index is 5.20. The van der Waals surface area contributed by atoms with Crippen LogP contribution in [0.1, 0.15) is 0 Å². The van der Waals surface area contributed by atoms with Crippen molar-refractivity contribution in [2.45, 2.75) is 0 Å². The average Bonchev–Trinajstić information content (AvgIpc) is 2.82. The van der Waals surface area contributed by atoms with Gasteiger partial charge in [-0.3, -0.25) is 0 Å². The van der Waals surface area contributed by atoms with E-state index in [4.69, 9.17) is 4.42 Å². The zero-order valence-electron chi connectivity index (χ0n) is 7.79. The second-order valence-electron chi connectivity index (χ2n) is 3.10. The Morgan fingerprint density at radius 1 is 0.867 bits per heavy atom. The van der Waals surface area contributed by atoms with Crippen LogP contribution in [0.2, 0.25) is 0 Å².